The lowest BCUT2D eigenvalue weighted by molar-refractivity contribution is 0.347. The fourth-order valence-corrected chi connectivity index (χ4v) is 1.10. The Morgan fingerprint density at radius 3 is 2.80 bits per heavy atom. The fraction of sp³-hybridized carbons (Fsp3) is 0.333. The average molecular weight is 207 g/mol. The molecule has 0 saturated carbocycles. The highest BCUT2D eigenvalue weighted by atomic mass is 19.1. The first-order chi connectivity index (χ1) is 7.15. The molecule has 15 heavy (non-hydrogen) atoms. The summed E-state index contributed by atoms with van der Waals surface area (Å²) in [4.78, 5) is 0. The molecule has 0 heterocycles. The number of ether oxygens (including phenoxy) is 1. The lowest BCUT2D eigenvalue weighted by atomic mass is 10.1. The molecule has 1 aromatic rings. The van der Waals surface area contributed by atoms with Gasteiger partial charge in [0.05, 0.1) is 0 Å². The van der Waals surface area contributed by atoms with Crippen molar-refractivity contribution in [2.75, 3.05) is 6.61 Å². The molecule has 0 aliphatic carbocycles. The van der Waals surface area contributed by atoms with Gasteiger partial charge in [0.25, 0.3) is 0 Å². The Kier molecular flexibility index (Phi) is 4.14. The molecule has 0 aliphatic rings. The van der Waals surface area contributed by atoms with E-state index in [4.69, 9.17) is 10.5 Å². The number of benzene rings is 1. The van der Waals surface area contributed by atoms with E-state index >= 15 is 0 Å². The maximum atomic E-state index is 13.4. The SMILES string of the molecule is CC#CCOc1ccc([C@@H](C)N)cc1F. The van der Waals surface area contributed by atoms with E-state index in [1.165, 1.54) is 6.07 Å². The van der Waals surface area contributed by atoms with E-state index in [-0.39, 0.29) is 18.4 Å². The molecular weight excluding hydrogens is 193 g/mol. The zero-order valence-electron chi connectivity index (χ0n) is 8.88. The first-order valence-corrected chi connectivity index (χ1v) is 4.72. The van der Waals surface area contributed by atoms with Crippen molar-refractivity contribution >= 4 is 0 Å². The molecule has 0 spiro atoms. The quantitative estimate of drug-likeness (QED) is 0.771. The summed E-state index contributed by atoms with van der Waals surface area (Å²) >= 11 is 0. The second-order valence-electron chi connectivity index (χ2n) is 3.19. The molecular formula is C12H14FNO. The minimum atomic E-state index is -0.400. The van der Waals surface area contributed by atoms with Crippen LogP contribution < -0.4 is 10.5 Å². The summed E-state index contributed by atoms with van der Waals surface area (Å²) in [6, 6.07) is 4.54. The smallest absolute Gasteiger partial charge is 0.165 e. The predicted octanol–water partition coefficient (Wildman–Crippen LogP) is 2.25. The Labute approximate surface area is 89.2 Å². The molecule has 0 radical (unpaired) electrons. The molecule has 2 nitrogen and oxygen atoms in total. The van der Waals surface area contributed by atoms with Crippen molar-refractivity contribution in [1.82, 2.24) is 0 Å². The van der Waals surface area contributed by atoms with Gasteiger partial charge in [-0.2, -0.15) is 0 Å². The molecule has 1 atom stereocenters. The van der Waals surface area contributed by atoms with E-state index in [0.717, 1.165) is 5.56 Å². The largest absolute Gasteiger partial charge is 0.478 e. The number of hydrogen-bond acceptors (Lipinski definition) is 2. The van der Waals surface area contributed by atoms with Gasteiger partial charge in [-0.05, 0) is 31.5 Å². The molecule has 2 N–H and O–H groups in total. The standard InChI is InChI=1S/C12H14FNO/c1-3-4-7-15-12-6-5-10(9(2)14)8-11(12)13/h5-6,8-9H,7,14H2,1-2H3/t9-/m1/s1. The van der Waals surface area contributed by atoms with Crippen LogP contribution in [0.3, 0.4) is 0 Å². The van der Waals surface area contributed by atoms with Crippen LogP contribution in [0.2, 0.25) is 0 Å². The second-order valence-corrected chi connectivity index (χ2v) is 3.19. The van der Waals surface area contributed by atoms with Crippen LogP contribution in [0, 0.1) is 17.7 Å². The van der Waals surface area contributed by atoms with E-state index in [0.29, 0.717) is 0 Å². The van der Waals surface area contributed by atoms with Crippen molar-refractivity contribution in [3.05, 3.63) is 29.6 Å². The van der Waals surface area contributed by atoms with E-state index < -0.39 is 5.82 Å². The monoisotopic (exact) mass is 207 g/mol. The van der Waals surface area contributed by atoms with E-state index in [9.17, 15) is 4.39 Å². The van der Waals surface area contributed by atoms with Crippen LogP contribution in [-0.2, 0) is 0 Å². The van der Waals surface area contributed by atoms with Gasteiger partial charge < -0.3 is 10.5 Å². The molecule has 0 unspecified atom stereocenters. The highest BCUT2D eigenvalue weighted by molar-refractivity contribution is 5.31. The maximum absolute atomic E-state index is 13.4. The minimum absolute atomic E-state index is 0.177. The van der Waals surface area contributed by atoms with Gasteiger partial charge in [-0.25, -0.2) is 4.39 Å². The summed E-state index contributed by atoms with van der Waals surface area (Å²) in [5.41, 5.74) is 6.38. The third kappa shape index (κ3) is 3.26. The molecule has 0 bridgehead atoms. The molecule has 0 aliphatic heterocycles. The molecule has 0 aromatic heterocycles. The zero-order valence-corrected chi connectivity index (χ0v) is 8.88. The summed E-state index contributed by atoms with van der Waals surface area (Å²) in [6.45, 7) is 3.71. The van der Waals surface area contributed by atoms with Crippen molar-refractivity contribution in [1.29, 1.82) is 0 Å². The molecule has 0 amide bonds. The Morgan fingerprint density at radius 2 is 2.27 bits per heavy atom. The van der Waals surface area contributed by atoms with Crippen molar-refractivity contribution in [2.45, 2.75) is 19.9 Å². The topological polar surface area (TPSA) is 35.2 Å². The lowest BCUT2D eigenvalue weighted by Gasteiger charge is -2.08. The number of halogens is 1. The molecule has 1 aromatic carbocycles. The van der Waals surface area contributed by atoms with Gasteiger partial charge in [-0.15, -0.1) is 5.92 Å². The van der Waals surface area contributed by atoms with Gasteiger partial charge in [0.2, 0.25) is 0 Å². The molecule has 0 fully saturated rings. The summed E-state index contributed by atoms with van der Waals surface area (Å²) in [5, 5.41) is 0. The Morgan fingerprint density at radius 1 is 1.53 bits per heavy atom. The van der Waals surface area contributed by atoms with Crippen molar-refractivity contribution in [2.24, 2.45) is 5.73 Å². The first kappa shape index (κ1) is 11.5. The summed E-state index contributed by atoms with van der Waals surface area (Å²) in [6.07, 6.45) is 0. The molecule has 80 valence electrons. The number of rotatable bonds is 3. The lowest BCUT2D eigenvalue weighted by Crippen LogP contribution is -2.06. The van der Waals surface area contributed by atoms with Gasteiger partial charge in [0.15, 0.2) is 11.6 Å². The van der Waals surface area contributed by atoms with Crippen LogP contribution in [0.15, 0.2) is 18.2 Å². The van der Waals surface area contributed by atoms with Gasteiger partial charge in [-0.3, -0.25) is 0 Å². The highest BCUT2D eigenvalue weighted by Crippen LogP contribution is 2.20. The normalized spacial score (nSPS) is 11.5. The van der Waals surface area contributed by atoms with Gasteiger partial charge in [0, 0.05) is 6.04 Å². The Balaban J connectivity index is 2.77. The van der Waals surface area contributed by atoms with Crippen LogP contribution in [0.5, 0.6) is 5.75 Å². The molecule has 1 rings (SSSR count). The Bertz CT molecular complexity index is 390. The van der Waals surface area contributed by atoms with Crippen LogP contribution in [-0.4, -0.2) is 6.61 Å². The van der Waals surface area contributed by atoms with Crippen LogP contribution >= 0.6 is 0 Å². The average Bonchev–Trinajstić information content (AvgIpc) is 2.20. The fourth-order valence-electron chi connectivity index (χ4n) is 1.10. The van der Waals surface area contributed by atoms with Crippen LogP contribution in [0.1, 0.15) is 25.5 Å². The van der Waals surface area contributed by atoms with Gasteiger partial charge >= 0.3 is 0 Å². The van der Waals surface area contributed by atoms with Crippen LogP contribution in [0.25, 0.3) is 0 Å². The molecule has 0 saturated heterocycles. The van der Waals surface area contributed by atoms with Crippen molar-refractivity contribution < 1.29 is 9.13 Å². The second kappa shape index (κ2) is 5.38. The van der Waals surface area contributed by atoms with Crippen molar-refractivity contribution in [3.63, 3.8) is 0 Å². The highest BCUT2D eigenvalue weighted by Gasteiger charge is 2.06. The first-order valence-electron chi connectivity index (χ1n) is 4.72. The third-order valence-electron chi connectivity index (χ3n) is 1.96. The maximum Gasteiger partial charge on any atom is 0.165 e. The number of hydrogen-bond donors (Lipinski definition) is 1. The predicted molar refractivity (Wildman–Crippen MR) is 57.9 cm³/mol. The van der Waals surface area contributed by atoms with Crippen molar-refractivity contribution in [3.8, 4) is 17.6 Å². The summed E-state index contributed by atoms with van der Waals surface area (Å²) in [5.74, 6) is 5.18. The van der Waals surface area contributed by atoms with E-state index in [2.05, 4.69) is 11.8 Å². The van der Waals surface area contributed by atoms with E-state index in [1.54, 1.807) is 26.0 Å². The van der Waals surface area contributed by atoms with Crippen LogP contribution in [0.4, 0.5) is 4.39 Å². The van der Waals surface area contributed by atoms with Gasteiger partial charge in [-0.1, -0.05) is 12.0 Å². The third-order valence-corrected chi connectivity index (χ3v) is 1.96. The zero-order chi connectivity index (χ0) is 11.3. The summed E-state index contributed by atoms with van der Waals surface area (Å²) in [7, 11) is 0. The Hall–Kier alpha value is -1.53. The van der Waals surface area contributed by atoms with E-state index in [1.807, 2.05) is 0 Å². The number of nitrogens with two attached hydrogens (primary N) is 1. The van der Waals surface area contributed by atoms with Gasteiger partial charge in [0.1, 0.15) is 6.61 Å². The minimum Gasteiger partial charge on any atom is -0.478 e. The summed E-state index contributed by atoms with van der Waals surface area (Å²) < 4.78 is 18.5. The molecule has 3 heteroatoms.